The number of anilines is 1. The van der Waals surface area contributed by atoms with Crippen LogP contribution in [0.4, 0.5) is 5.95 Å². The number of hydrogen-bond donors (Lipinski definition) is 1. The molecule has 0 saturated carbocycles. The molecule has 4 rings (SSSR count). The van der Waals surface area contributed by atoms with Gasteiger partial charge in [0.2, 0.25) is 11.9 Å². The Hall–Kier alpha value is -3.15. The van der Waals surface area contributed by atoms with E-state index >= 15 is 0 Å². The van der Waals surface area contributed by atoms with Crippen LogP contribution in [0, 0.1) is 19.8 Å². The molecule has 3 aromatic rings. The van der Waals surface area contributed by atoms with Crippen molar-refractivity contribution < 1.29 is 9.21 Å². The third-order valence-electron chi connectivity index (χ3n) is 5.33. The van der Waals surface area contributed by atoms with Crippen molar-refractivity contribution in [2.45, 2.75) is 33.2 Å². The second-order valence-corrected chi connectivity index (χ2v) is 7.65. The number of piperidine rings is 1. The third kappa shape index (κ3) is 4.65. The fourth-order valence-electron chi connectivity index (χ4n) is 3.65. The van der Waals surface area contributed by atoms with Crippen LogP contribution < -0.4 is 10.2 Å². The van der Waals surface area contributed by atoms with Gasteiger partial charge in [0.05, 0.1) is 12.5 Å². The highest BCUT2D eigenvalue weighted by Gasteiger charge is 2.27. The molecule has 0 spiro atoms. The lowest BCUT2D eigenvalue weighted by atomic mass is 9.97. The quantitative estimate of drug-likeness (QED) is 0.716. The van der Waals surface area contributed by atoms with Crippen molar-refractivity contribution in [3.8, 4) is 11.1 Å². The van der Waals surface area contributed by atoms with Crippen molar-refractivity contribution in [2.24, 2.45) is 5.92 Å². The zero-order valence-electron chi connectivity index (χ0n) is 16.9. The first-order valence-corrected chi connectivity index (χ1v) is 10.1. The molecule has 6 heteroatoms. The predicted octanol–water partition coefficient (Wildman–Crippen LogP) is 3.89. The summed E-state index contributed by atoms with van der Waals surface area (Å²) in [5, 5.41) is 2.99. The van der Waals surface area contributed by atoms with Crippen molar-refractivity contribution in [1.82, 2.24) is 15.3 Å². The van der Waals surface area contributed by atoms with Crippen LogP contribution in [0.25, 0.3) is 11.1 Å². The Morgan fingerprint density at radius 3 is 2.55 bits per heavy atom. The topological polar surface area (TPSA) is 71.3 Å². The number of amides is 1. The van der Waals surface area contributed by atoms with E-state index in [0.717, 1.165) is 42.0 Å². The molecule has 1 atom stereocenters. The number of furan rings is 1. The summed E-state index contributed by atoms with van der Waals surface area (Å²) in [6, 6.07) is 12.1. The van der Waals surface area contributed by atoms with Crippen LogP contribution in [0.3, 0.4) is 0 Å². The molecule has 1 fully saturated rings. The van der Waals surface area contributed by atoms with Crippen LogP contribution >= 0.6 is 0 Å². The number of carbonyl (C=O) groups is 1. The van der Waals surface area contributed by atoms with E-state index < -0.39 is 0 Å². The maximum Gasteiger partial charge on any atom is 0.225 e. The van der Waals surface area contributed by atoms with E-state index in [1.807, 2.05) is 31.5 Å². The Morgan fingerprint density at radius 1 is 1.10 bits per heavy atom. The molecule has 1 aliphatic heterocycles. The Balaban J connectivity index is 1.37. The number of benzene rings is 1. The lowest BCUT2D eigenvalue weighted by molar-refractivity contribution is -0.125. The minimum Gasteiger partial charge on any atom is -0.465 e. The number of aromatic nitrogens is 2. The average molecular weight is 390 g/mol. The second kappa shape index (κ2) is 8.47. The van der Waals surface area contributed by atoms with Gasteiger partial charge < -0.3 is 14.6 Å². The summed E-state index contributed by atoms with van der Waals surface area (Å²) >= 11 is 0. The third-order valence-corrected chi connectivity index (χ3v) is 5.33. The van der Waals surface area contributed by atoms with Crippen molar-refractivity contribution in [1.29, 1.82) is 0 Å². The second-order valence-electron chi connectivity index (χ2n) is 7.65. The first kappa shape index (κ1) is 19.2. The van der Waals surface area contributed by atoms with Gasteiger partial charge in [0.1, 0.15) is 11.5 Å². The zero-order valence-corrected chi connectivity index (χ0v) is 16.9. The molecule has 1 aromatic carbocycles. The number of aryl methyl sites for hydroxylation is 2. The highest BCUT2D eigenvalue weighted by molar-refractivity contribution is 5.79. The Morgan fingerprint density at radius 2 is 1.86 bits per heavy atom. The summed E-state index contributed by atoms with van der Waals surface area (Å²) in [4.78, 5) is 23.8. The van der Waals surface area contributed by atoms with Gasteiger partial charge in [-0.25, -0.2) is 9.97 Å². The molecule has 0 aliphatic carbocycles. The molecule has 3 heterocycles. The smallest absolute Gasteiger partial charge is 0.225 e. The Kier molecular flexibility index (Phi) is 5.60. The number of carbonyl (C=O) groups excluding carboxylic acids is 1. The summed E-state index contributed by atoms with van der Waals surface area (Å²) in [6.45, 7) is 5.89. The number of nitrogens with zero attached hydrogens (tertiary/aromatic N) is 3. The number of rotatable bonds is 5. The Labute approximate surface area is 171 Å². The average Bonchev–Trinajstić information content (AvgIpc) is 3.18. The van der Waals surface area contributed by atoms with Gasteiger partial charge in [-0.1, -0.05) is 29.8 Å². The molecular weight excluding hydrogens is 364 g/mol. The molecule has 0 radical (unpaired) electrons. The molecule has 1 aliphatic rings. The minimum absolute atomic E-state index is 0.0556. The first-order chi connectivity index (χ1) is 14.1. The van der Waals surface area contributed by atoms with Crippen LogP contribution in [-0.2, 0) is 11.3 Å². The largest absolute Gasteiger partial charge is 0.465 e. The molecular formula is C23H26N4O2. The lowest BCUT2D eigenvalue weighted by Crippen LogP contribution is -2.43. The van der Waals surface area contributed by atoms with E-state index in [-0.39, 0.29) is 11.8 Å². The van der Waals surface area contributed by atoms with Crippen molar-refractivity contribution in [2.75, 3.05) is 18.0 Å². The molecule has 0 unspecified atom stereocenters. The summed E-state index contributed by atoms with van der Waals surface area (Å²) in [7, 11) is 0. The standard InChI is InChI=1S/C23H26N4O2/c1-16-5-8-18(9-6-16)20-12-25-23(26-13-20)27-11-3-4-19(15-27)22(28)24-14-21-10-7-17(2)29-21/h5-10,12-13,19H,3-4,11,14-15H2,1-2H3,(H,24,28)/t19-/m1/s1. The van der Waals surface area contributed by atoms with E-state index in [4.69, 9.17) is 4.42 Å². The predicted molar refractivity (Wildman–Crippen MR) is 112 cm³/mol. The van der Waals surface area contributed by atoms with Gasteiger partial charge in [-0.05, 0) is 44.4 Å². The van der Waals surface area contributed by atoms with E-state index in [2.05, 4.69) is 51.4 Å². The van der Waals surface area contributed by atoms with Crippen LogP contribution in [0.2, 0.25) is 0 Å². The van der Waals surface area contributed by atoms with Crippen LogP contribution in [-0.4, -0.2) is 29.0 Å². The minimum atomic E-state index is -0.0693. The molecule has 1 saturated heterocycles. The molecule has 6 nitrogen and oxygen atoms in total. The fourth-order valence-corrected chi connectivity index (χ4v) is 3.65. The van der Waals surface area contributed by atoms with Crippen molar-refractivity contribution in [3.63, 3.8) is 0 Å². The summed E-state index contributed by atoms with van der Waals surface area (Å²) in [5.74, 6) is 2.29. The normalized spacial score (nSPS) is 16.6. The summed E-state index contributed by atoms with van der Waals surface area (Å²) < 4.78 is 5.52. The van der Waals surface area contributed by atoms with Gasteiger partial charge in [-0.3, -0.25) is 4.79 Å². The molecule has 29 heavy (non-hydrogen) atoms. The first-order valence-electron chi connectivity index (χ1n) is 10.1. The fraction of sp³-hybridized carbons (Fsp3) is 0.348. The molecule has 1 amide bonds. The maximum atomic E-state index is 12.6. The Bertz CT molecular complexity index is 963. The van der Waals surface area contributed by atoms with Crippen molar-refractivity contribution in [3.05, 3.63) is 65.9 Å². The van der Waals surface area contributed by atoms with E-state index in [9.17, 15) is 4.79 Å². The molecule has 2 aromatic heterocycles. The van der Waals surface area contributed by atoms with Gasteiger partial charge in [-0.2, -0.15) is 0 Å². The molecule has 0 bridgehead atoms. The van der Waals surface area contributed by atoms with Gasteiger partial charge in [0.25, 0.3) is 0 Å². The van der Waals surface area contributed by atoms with Crippen LogP contribution in [0.5, 0.6) is 0 Å². The van der Waals surface area contributed by atoms with E-state index in [1.54, 1.807) is 0 Å². The van der Waals surface area contributed by atoms with Gasteiger partial charge >= 0.3 is 0 Å². The number of hydrogen-bond acceptors (Lipinski definition) is 5. The summed E-state index contributed by atoms with van der Waals surface area (Å²) in [6.07, 6.45) is 5.54. The molecule has 1 N–H and O–H groups in total. The van der Waals surface area contributed by atoms with Gasteiger partial charge in [0, 0.05) is 31.0 Å². The van der Waals surface area contributed by atoms with Gasteiger partial charge in [0.15, 0.2) is 0 Å². The number of nitrogens with one attached hydrogen (secondary N) is 1. The monoisotopic (exact) mass is 390 g/mol. The lowest BCUT2D eigenvalue weighted by Gasteiger charge is -2.32. The molecule has 150 valence electrons. The summed E-state index contributed by atoms with van der Waals surface area (Å²) in [5.41, 5.74) is 3.33. The van der Waals surface area contributed by atoms with Gasteiger partial charge in [-0.15, -0.1) is 0 Å². The maximum absolute atomic E-state index is 12.6. The zero-order chi connectivity index (χ0) is 20.2. The SMILES string of the molecule is Cc1ccc(-c2cnc(N3CCC[C@@H](C(=O)NCc4ccc(C)o4)C3)nc2)cc1. The highest BCUT2D eigenvalue weighted by Crippen LogP contribution is 2.23. The van der Waals surface area contributed by atoms with Crippen LogP contribution in [0.1, 0.15) is 29.9 Å². The highest BCUT2D eigenvalue weighted by atomic mass is 16.3. The van der Waals surface area contributed by atoms with Crippen molar-refractivity contribution >= 4 is 11.9 Å². The van der Waals surface area contributed by atoms with E-state index in [0.29, 0.717) is 19.0 Å². The van der Waals surface area contributed by atoms with E-state index in [1.165, 1.54) is 5.56 Å². The van der Waals surface area contributed by atoms with Crippen LogP contribution in [0.15, 0.2) is 53.2 Å².